The predicted molar refractivity (Wildman–Crippen MR) is 88.2 cm³/mol. The Morgan fingerprint density at radius 2 is 2.04 bits per heavy atom. The molecule has 130 valence electrons. The minimum absolute atomic E-state index is 0.0316. The number of hydrogen-bond acceptors (Lipinski definition) is 5. The lowest BCUT2D eigenvalue weighted by molar-refractivity contribution is -0.127. The van der Waals surface area contributed by atoms with E-state index in [1.807, 2.05) is 39.6 Å². The van der Waals surface area contributed by atoms with Gasteiger partial charge in [-0.15, -0.1) is 0 Å². The minimum Gasteiger partial charge on any atom is -0.465 e. The zero-order valence-corrected chi connectivity index (χ0v) is 15.1. The topological polar surface area (TPSA) is 71.8 Å². The first kappa shape index (κ1) is 19.2. The molecule has 0 radical (unpaired) electrons. The second-order valence-corrected chi connectivity index (χ2v) is 6.49. The summed E-state index contributed by atoms with van der Waals surface area (Å²) in [4.78, 5) is 25.8. The van der Waals surface area contributed by atoms with Crippen LogP contribution in [0.1, 0.15) is 56.0 Å². The number of ether oxygens (including phenoxy) is 1. The average Bonchev–Trinajstić information content (AvgIpc) is 2.85. The molecule has 0 aliphatic carbocycles. The number of esters is 1. The molecule has 0 saturated carbocycles. The van der Waals surface area contributed by atoms with Crippen LogP contribution in [0.3, 0.4) is 0 Å². The first-order valence-electron chi connectivity index (χ1n) is 7.81. The van der Waals surface area contributed by atoms with Gasteiger partial charge in [-0.1, -0.05) is 6.92 Å². The van der Waals surface area contributed by atoms with E-state index >= 15 is 0 Å². The fourth-order valence-corrected chi connectivity index (χ4v) is 2.04. The van der Waals surface area contributed by atoms with E-state index in [4.69, 9.17) is 9.15 Å². The molecule has 0 aliphatic rings. The number of nitrogens with one attached hydrogen (secondary N) is 1. The number of methoxy groups -OCH3 is 1. The molecule has 0 spiro atoms. The van der Waals surface area contributed by atoms with Gasteiger partial charge in [-0.3, -0.25) is 9.69 Å². The second kappa shape index (κ2) is 7.64. The number of furan rings is 1. The summed E-state index contributed by atoms with van der Waals surface area (Å²) >= 11 is 0. The van der Waals surface area contributed by atoms with Gasteiger partial charge in [-0.05, 0) is 47.2 Å². The predicted octanol–water partition coefficient (Wildman–Crippen LogP) is 2.50. The van der Waals surface area contributed by atoms with Gasteiger partial charge in [0.2, 0.25) is 5.91 Å². The van der Waals surface area contributed by atoms with Crippen molar-refractivity contribution in [3.8, 4) is 0 Å². The number of amides is 1. The highest BCUT2D eigenvalue weighted by Gasteiger charge is 2.25. The molecule has 1 heterocycles. The maximum Gasteiger partial charge on any atom is 0.341 e. The molecule has 0 saturated heterocycles. The first-order valence-corrected chi connectivity index (χ1v) is 7.81. The maximum atomic E-state index is 12.3. The molecule has 0 bridgehead atoms. The summed E-state index contributed by atoms with van der Waals surface area (Å²) in [6.07, 6.45) is 0.856. The molecule has 1 N–H and O–H groups in total. The Kier molecular flexibility index (Phi) is 6.38. The minimum atomic E-state index is -0.421. The molecule has 0 fully saturated rings. The zero-order chi connectivity index (χ0) is 17.8. The summed E-state index contributed by atoms with van der Waals surface area (Å²) in [5.74, 6) is 0.690. The molecule has 1 atom stereocenters. The molecular weight excluding hydrogens is 296 g/mol. The molecule has 1 aromatic rings. The number of carbonyl (C=O) groups is 2. The van der Waals surface area contributed by atoms with Crippen molar-refractivity contribution in [2.24, 2.45) is 0 Å². The second-order valence-electron chi connectivity index (χ2n) is 6.49. The first-order chi connectivity index (χ1) is 10.6. The van der Waals surface area contributed by atoms with Gasteiger partial charge < -0.3 is 14.5 Å². The number of nitrogens with zero attached hydrogens (tertiary/aromatic N) is 1. The Labute approximate surface area is 138 Å². The fraction of sp³-hybridized carbons (Fsp3) is 0.647. The van der Waals surface area contributed by atoms with E-state index in [9.17, 15) is 9.59 Å². The molecular formula is C17H28N2O4. The lowest BCUT2D eigenvalue weighted by atomic mass is 10.0. The quantitative estimate of drug-likeness (QED) is 0.780. The third-order valence-corrected chi connectivity index (χ3v) is 4.17. The number of carbonyl (C=O) groups excluding carboxylic acids is 2. The highest BCUT2D eigenvalue weighted by atomic mass is 16.5. The standard InChI is InChI=1S/C17H28N2O4/c1-8-17(4,5)18-15(20)11(2)19(6)10-13-9-14(12(3)23-13)16(21)22-7/h9,11H,8,10H2,1-7H3,(H,18,20). The maximum absolute atomic E-state index is 12.3. The van der Waals surface area contributed by atoms with E-state index in [0.29, 0.717) is 23.6 Å². The Balaban J connectivity index is 2.74. The third-order valence-electron chi connectivity index (χ3n) is 4.17. The monoisotopic (exact) mass is 324 g/mol. The van der Waals surface area contributed by atoms with Crippen molar-refractivity contribution in [2.45, 2.75) is 59.2 Å². The van der Waals surface area contributed by atoms with Crippen LogP contribution in [0, 0.1) is 6.92 Å². The third kappa shape index (κ3) is 5.10. The van der Waals surface area contributed by atoms with Gasteiger partial charge in [0.15, 0.2) is 0 Å². The summed E-state index contributed by atoms with van der Waals surface area (Å²) < 4.78 is 10.3. The lowest BCUT2D eigenvalue weighted by Crippen LogP contribution is -2.50. The van der Waals surface area contributed by atoms with Crippen molar-refractivity contribution in [3.63, 3.8) is 0 Å². The van der Waals surface area contributed by atoms with Crippen LogP contribution in [0.25, 0.3) is 0 Å². The van der Waals surface area contributed by atoms with Crippen LogP contribution in [0.4, 0.5) is 0 Å². The summed E-state index contributed by atoms with van der Waals surface area (Å²) in [6, 6.07) is 1.35. The molecule has 1 rings (SSSR count). The van der Waals surface area contributed by atoms with Crippen molar-refractivity contribution < 1.29 is 18.7 Å². The van der Waals surface area contributed by atoms with E-state index in [1.165, 1.54) is 7.11 Å². The Morgan fingerprint density at radius 3 is 2.57 bits per heavy atom. The Hall–Kier alpha value is -1.82. The summed E-state index contributed by atoms with van der Waals surface area (Å²) in [5, 5.41) is 3.03. The highest BCUT2D eigenvalue weighted by molar-refractivity contribution is 5.90. The molecule has 1 unspecified atom stereocenters. The molecule has 6 heteroatoms. The molecule has 0 aromatic carbocycles. The van der Waals surface area contributed by atoms with Gasteiger partial charge in [0.1, 0.15) is 17.1 Å². The zero-order valence-electron chi connectivity index (χ0n) is 15.1. The van der Waals surface area contributed by atoms with Crippen LogP contribution in [0.2, 0.25) is 0 Å². The average molecular weight is 324 g/mol. The van der Waals surface area contributed by atoms with Gasteiger partial charge in [-0.2, -0.15) is 0 Å². The molecule has 23 heavy (non-hydrogen) atoms. The summed E-state index contributed by atoms with van der Waals surface area (Å²) in [6.45, 7) is 10.0. The van der Waals surface area contributed by atoms with Crippen LogP contribution < -0.4 is 5.32 Å². The molecule has 1 aromatic heterocycles. The van der Waals surface area contributed by atoms with Crippen molar-refractivity contribution in [2.75, 3.05) is 14.2 Å². The van der Waals surface area contributed by atoms with E-state index in [1.54, 1.807) is 13.0 Å². The Morgan fingerprint density at radius 1 is 1.43 bits per heavy atom. The normalized spacial score (nSPS) is 13.0. The van der Waals surface area contributed by atoms with Crippen molar-refractivity contribution in [1.82, 2.24) is 10.2 Å². The number of rotatable bonds is 7. The van der Waals surface area contributed by atoms with Crippen molar-refractivity contribution in [3.05, 3.63) is 23.2 Å². The van der Waals surface area contributed by atoms with E-state index in [2.05, 4.69) is 5.32 Å². The summed E-state index contributed by atoms with van der Waals surface area (Å²) in [7, 11) is 3.18. The van der Waals surface area contributed by atoms with E-state index in [-0.39, 0.29) is 17.5 Å². The molecule has 1 amide bonds. The summed E-state index contributed by atoms with van der Waals surface area (Å²) in [5.41, 5.74) is 0.186. The van der Waals surface area contributed by atoms with Gasteiger partial charge in [0.05, 0.1) is 19.7 Å². The van der Waals surface area contributed by atoms with Gasteiger partial charge in [0.25, 0.3) is 0 Å². The highest BCUT2D eigenvalue weighted by Crippen LogP contribution is 2.18. The van der Waals surface area contributed by atoms with Crippen LogP contribution in [-0.2, 0) is 16.1 Å². The van der Waals surface area contributed by atoms with Crippen molar-refractivity contribution >= 4 is 11.9 Å². The lowest BCUT2D eigenvalue weighted by Gasteiger charge is -2.29. The Bertz CT molecular complexity index is 563. The number of aryl methyl sites for hydroxylation is 1. The SMILES string of the molecule is CCC(C)(C)NC(=O)C(C)N(C)Cc1cc(C(=O)OC)c(C)o1. The van der Waals surface area contributed by atoms with Crippen LogP contribution in [-0.4, -0.2) is 42.5 Å². The van der Waals surface area contributed by atoms with Gasteiger partial charge in [0, 0.05) is 5.54 Å². The van der Waals surface area contributed by atoms with Crippen LogP contribution in [0.15, 0.2) is 10.5 Å². The largest absolute Gasteiger partial charge is 0.465 e. The van der Waals surface area contributed by atoms with Gasteiger partial charge in [-0.25, -0.2) is 4.79 Å². The van der Waals surface area contributed by atoms with Crippen molar-refractivity contribution in [1.29, 1.82) is 0 Å². The fourth-order valence-electron chi connectivity index (χ4n) is 2.04. The van der Waals surface area contributed by atoms with Crippen LogP contribution >= 0.6 is 0 Å². The van der Waals surface area contributed by atoms with E-state index in [0.717, 1.165) is 6.42 Å². The van der Waals surface area contributed by atoms with Crippen LogP contribution in [0.5, 0.6) is 0 Å². The molecule has 6 nitrogen and oxygen atoms in total. The number of likely N-dealkylation sites (N-methyl/N-ethyl adjacent to an activating group) is 1. The number of hydrogen-bond donors (Lipinski definition) is 1. The molecule has 0 aliphatic heterocycles. The smallest absolute Gasteiger partial charge is 0.341 e. The van der Waals surface area contributed by atoms with Gasteiger partial charge >= 0.3 is 5.97 Å². The van der Waals surface area contributed by atoms with E-state index < -0.39 is 5.97 Å².